The highest BCUT2D eigenvalue weighted by molar-refractivity contribution is 9.10. The van der Waals surface area contributed by atoms with Gasteiger partial charge in [0.15, 0.2) is 0 Å². The van der Waals surface area contributed by atoms with Gasteiger partial charge in [0.05, 0.1) is 12.1 Å². The Labute approximate surface area is 132 Å². The second kappa shape index (κ2) is 7.02. The highest BCUT2D eigenvalue weighted by Gasteiger charge is 2.19. The standard InChI is InChI=1S/C16H18BrFN2O/c1-10(2)21-12-8-6-11(7-9-12)16(20-19)15-13(17)4-3-5-14(15)18/h3-10,16,20H,19H2,1-2H3. The van der Waals surface area contributed by atoms with Crippen molar-refractivity contribution >= 4 is 15.9 Å². The van der Waals surface area contributed by atoms with Crippen LogP contribution < -0.4 is 16.0 Å². The Hall–Kier alpha value is -1.43. The number of hydrogen-bond donors (Lipinski definition) is 2. The van der Waals surface area contributed by atoms with E-state index in [4.69, 9.17) is 10.6 Å². The smallest absolute Gasteiger partial charge is 0.129 e. The Morgan fingerprint density at radius 2 is 1.81 bits per heavy atom. The SMILES string of the molecule is CC(C)Oc1ccc(C(NN)c2c(F)cccc2Br)cc1. The van der Waals surface area contributed by atoms with Gasteiger partial charge in [-0.2, -0.15) is 0 Å². The summed E-state index contributed by atoms with van der Waals surface area (Å²) >= 11 is 3.37. The maximum atomic E-state index is 14.1. The van der Waals surface area contributed by atoms with Crippen molar-refractivity contribution in [3.8, 4) is 5.75 Å². The Morgan fingerprint density at radius 1 is 1.14 bits per heavy atom. The molecule has 0 aromatic heterocycles. The second-order valence-electron chi connectivity index (χ2n) is 4.97. The highest BCUT2D eigenvalue weighted by Crippen LogP contribution is 2.31. The topological polar surface area (TPSA) is 47.3 Å². The molecule has 0 bridgehead atoms. The van der Waals surface area contributed by atoms with E-state index in [2.05, 4.69) is 21.4 Å². The van der Waals surface area contributed by atoms with E-state index in [0.29, 0.717) is 10.0 Å². The summed E-state index contributed by atoms with van der Waals surface area (Å²) in [6, 6.07) is 11.9. The van der Waals surface area contributed by atoms with Gasteiger partial charge in [0.25, 0.3) is 0 Å². The van der Waals surface area contributed by atoms with Crippen molar-refractivity contribution in [1.29, 1.82) is 0 Å². The van der Waals surface area contributed by atoms with E-state index < -0.39 is 6.04 Å². The minimum Gasteiger partial charge on any atom is -0.491 e. The van der Waals surface area contributed by atoms with E-state index in [1.807, 2.05) is 38.1 Å². The predicted octanol–water partition coefficient (Wildman–Crippen LogP) is 3.93. The first-order chi connectivity index (χ1) is 10.0. The molecule has 3 nitrogen and oxygen atoms in total. The molecule has 0 saturated heterocycles. The lowest BCUT2D eigenvalue weighted by Gasteiger charge is -2.19. The number of rotatable bonds is 5. The van der Waals surface area contributed by atoms with E-state index in [0.717, 1.165) is 11.3 Å². The second-order valence-corrected chi connectivity index (χ2v) is 5.82. The molecule has 5 heteroatoms. The molecule has 0 heterocycles. The summed E-state index contributed by atoms with van der Waals surface area (Å²) < 4.78 is 20.3. The van der Waals surface area contributed by atoms with Gasteiger partial charge >= 0.3 is 0 Å². The molecule has 0 saturated carbocycles. The van der Waals surface area contributed by atoms with Crippen molar-refractivity contribution in [2.75, 3.05) is 0 Å². The first-order valence-corrected chi connectivity index (χ1v) is 7.49. The van der Waals surface area contributed by atoms with Crippen LogP contribution in [-0.4, -0.2) is 6.10 Å². The Morgan fingerprint density at radius 3 is 2.33 bits per heavy atom. The van der Waals surface area contributed by atoms with Crippen LogP contribution in [0.1, 0.15) is 31.0 Å². The molecule has 0 fully saturated rings. The lowest BCUT2D eigenvalue weighted by atomic mass is 9.99. The third-order valence-electron chi connectivity index (χ3n) is 3.04. The van der Waals surface area contributed by atoms with Gasteiger partial charge in [-0.25, -0.2) is 9.82 Å². The van der Waals surface area contributed by atoms with Crippen molar-refractivity contribution in [1.82, 2.24) is 5.43 Å². The summed E-state index contributed by atoms with van der Waals surface area (Å²) in [4.78, 5) is 0. The van der Waals surface area contributed by atoms with E-state index in [1.165, 1.54) is 6.07 Å². The van der Waals surface area contributed by atoms with Crippen LogP contribution in [0.4, 0.5) is 4.39 Å². The molecule has 0 radical (unpaired) electrons. The summed E-state index contributed by atoms with van der Waals surface area (Å²) in [7, 11) is 0. The van der Waals surface area contributed by atoms with Crippen molar-refractivity contribution in [2.24, 2.45) is 5.84 Å². The minimum absolute atomic E-state index is 0.111. The average molecular weight is 353 g/mol. The number of hydrazine groups is 1. The Bertz CT molecular complexity index is 581. The molecular weight excluding hydrogens is 335 g/mol. The molecule has 2 rings (SSSR count). The van der Waals surface area contributed by atoms with Gasteiger partial charge in [0, 0.05) is 10.0 Å². The van der Waals surface area contributed by atoms with Gasteiger partial charge < -0.3 is 4.74 Å². The molecule has 1 atom stereocenters. The van der Waals surface area contributed by atoms with Crippen LogP contribution in [-0.2, 0) is 0 Å². The van der Waals surface area contributed by atoms with Crippen LogP contribution in [0.2, 0.25) is 0 Å². The summed E-state index contributed by atoms with van der Waals surface area (Å²) in [5.41, 5.74) is 4.01. The van der Waals surface area contributed by atoms with Gasteiger partial charge in [-0.1, -0.05) is 34.1 Å². The third-order valence-corrected chi connectivity index (χ3v) is 3.73. The number of benzene rings is 2. The molecule has 0 aliphatic carbocycles. The van der Waals surface area contributed by atoms with Crippen molar-refractivity contribution in [2.45, 2.75) is 26.0 Å². The van der Waals surface area contributed by atoms with Crippen LogP contribution in [0, 0.1) is 5.82 Å². The zero-order valence-corrected chi connectivity index (χ0v) is 13.5. The summed E-state index contributed by atoms with van der Waals surface area (Å²) in [5, 5.41) is 0. The fourth-order valence-electron chi connectivity index (χ4n) is 2.14. The molecule has 2 aromatic carbocycles. The van der Waals surface area contributed by atoms with E-state index in [9.17, 15) is 4.39 Å². The van der Waals surface area contributed by atoms with Gasteiger partial charge in [0.1, 0.15) is 11.6 Å². The number of ether oxygens (including phenoxy) is 1. The van der Waals surface area contributed by atoms with Gasteiger partial charge in [-0.15, -0.1) is 0 Å². The zero-order chi connectivity index (χ0) is 15.4. The lowest BCUT2D eigenvalue weighted by Crippen LogP contribution is -2.29. The predicted molar refractivity (Wildman–Crippen MR) is 85.5 cm³/mol. The average Bonchev–Trinajstić information content (AvgIpc) is 2.44. The fraction of sp³-hybridized carbons (Fsp3) is 0.250. The van der Waals surface area contributed by atoms with Crippen molar-refractivity contribution < 1.29 is 9.13 Å². The molecule has 0 aliphatic rings. The Balaban J connectivity index is 2.33. The van der Waals surface area contributed by atoms with E-state index >= 15 is 0 Å². The maximum absolute atomic E-state index is 14.1. The highest BCUT2D eigenvalue weighted by atomic mass is 79.9. The van der Waals surface area contributed by atoms with Crippen LogP contribution in [0.3, 0.4) is 0 Å². The van der Waals surface area contributed by atoms with Crippen LogP contribution >= 0.6 is 15.9 Å². The van der Waals surface area contributed by atoms with Gasteiger partial charge in [0.2, 0.25) is 0 Å². The maximum Gasteiger partial charge on any atom is 0.129 e. The summed E-state index contributed by atoms with van der Waals surface area (Å²) in [5.74, 6) is 6.09. The molecular formula is C16H18BrFN2O. The third kappa shape index (κ3) is 3.81. The van der Waals surface area contributed by atoms with Gasteiger partial charge in [-0.05, 0) is 43.7 Å². The molecule has 2 aromatic rings. The number of nitrogens with two attached hydrogens (primary N) is 1. The minimum atomic E-state index is -0.436. The fourth-order valence-corrected chi connectivity index (χ4v) is 2.71. The molecule has 21 heavy (non-hydrogen) atoms. The van der Waals surface area contributed by atoms with E-state index in [-0.39, 0.29) is 11.9 Å². The summed E-state index contributed by atoms with van der Waals surface area (Å²) in [6.45, 7) is 3.93. The molecule has 1 unspecified atom stereocenters. The van der Waals surface area contributed by atoms with Crippen LogP contribution in [0.25, 0.3) is 0 Å². The zero-order valence-electron chi connectivity index (χ0n) is 11.9. The van der Waals surface area contributed by atoms with Crippen LogP contribution in [0.15, 0.2) is 46.9 Å². The summed E-state index contributed by atoms with van der Waals surface area (Å²) in [6.07, 6.45) is 0.111. The largest absolute Gasteiger partial charge is 0.491 e. The lowest BCUT2D eigenvalue weighted by molar-refractivity contribution is 0.242. The monoisotopic (exact) mass is 352 g/mol. The number of nitrogens with one attached hydrogen (secondary N) is 1. The number of hydrogen-bond acceptors (Lipinski definition) is 3. The van der Waals surface area contributed by atoms with Crippen LogP contribution in [0.5, 0.6) is 5.75 Å². The molecule has 112 valence electrons. The first-order valence-electron chi connectivity index (χ1n) is 6.69. The van der Waals surface area contributed by atoms with Crippen molar-refractivity contribution in [3.05, 3.63) is 63.9 Å². The van der Waals surface area contributed by atoms with E-state index in [1.54, 1.807) is 12.1 Å². The Kier molecular flexibility index (Phi) is 5.33. The molecule has 0 spiro atoms. The van der Waals surface area contributed by atoms with Crippen molar-refractivity contribution in [3.63, 3.8) is 0 Å². The molecule has 3 N–H and O–H groups in total. The number of halogens is 2. The normalized spacial score (nSPS) is 12.5. The first kappa shape index (κ1) is 15.9. The molecule has 0 amide bonds. The molecule has 0 aliphatic heterocycles. The van der Waals surface area contributed by atoms with Gasteiger partial charge in [-0.3, -0.25) is 5.84 Å². The quantitative estimate of drug-likeness (QED) is 0.633.